The zero-order valence-corrected chi connectivity index (χ0v) is 7.98. The SMILES string of the molecule is Nc1cc(F)c(CBr)c(C(F)F)n1. The van der Waals surface area contributed by atoms with E-state index in [-0.39, 0.29) is 16.7 Å². The van der Waals surface area contributed by atoms with Crippen molar-refractivity contribution in [3.05, 3.63) is 23.1 Å². The molecule has 0 bridgehead atoms. The fraction of sp³-hybridized carbons (Fsp3) is 0.286. The van der Waals surface area contributed by atoms with Crippen LogP contribution in [0.25, 0.3) is 0 Å². The summed E-state index contributed by atoms with van der Waals surface area (Å²) < 4.78 is 37.5. The molecule has 1 heterocycles. The van der Waals surface area contributed by atoms with Gasteiger partial charge in [0, 0.05) is 17.0 Å². The number of halogens is 4. The average Bonchev–Trinajstić information content (AvgIpc) is 2.02. The van der Waals surface area contributed by atoms with Gasteiger partial charge in [-0.2, -0.15) is 0 Å². The maximum absolute atomic E-state index is 13.0. The van der Waals surface area contributed by atoms with Crippen LogP contribution in [-0.4, -0.2) is 4.98 Å². The highest BCUT2D eigenvalue weighted by Crippen LogP contribution is 2.26. The lowest BCUT2D eigenvalue weighted by atomic mass is 10.2. The van der Waals surface area contributed by atoms with Gasteiger partial charge in [-0.25, -0.2) is 18.2 Å². The summed E-state index contributed by atoms with van der Waals surface area (Å²) in [5.74, 6) is -1.00. The van der Waals surface area contributed by atoms with Gasteiger partial charge in [0.2, 0.25) is 0 Å². The molecular weight excluding hydrogens is 249 g/mol. The van der Waals surface area contributed by atoms with Gasteiger partial charge in [-0.05, 0) is 0 Å². The quantitative estimate of drug-likeness (QED) is 0.825. The summed E-state index contributed by atoms with van der Waals surface area (Å²) in [6, 6.07) is 0.919. The second-order valence-corrected chi connectivity index (χ2v) is 2.89. The first-order chi connectivity index (χ1) is 6.06. The Kier molecular flexibility index (Phi) is 3.13. The van der Waals surface area contributed by atoms with Crippen molar-refractivity contribution >= 4 is 21.7 Å². The maximum atomic E-state index is 13.0. The third-order valence-electron chi connectivity index (χ3n) is 1.46. The second kappa shape index (κ2) is 3.95. The highest BCUT2D eigenvalue weighted by atomic mass is 79.9. The Morgan fingerprint density at radius 3 is 2.62 bits per heavy atom. The number of hydrogen-bond acceptors (Lipinski definition) is 2. The average molecular weight is 255 g/mol. The van der Waals surface area contributed by atoms with Crippen molar-refractivity contribution < 1.29 is 13.2 Å². The summed E-state index contributed by atoms with van der Waals surface area (Å²) in [4.78, 5) is 3.36. The Morgan fingerprint density at radius 2 is 2.15 bits per heavy atom. The number of nitrogens with zero attached hydrogens (tertiary/aromatic N) is 1. The van der Waals surface area contributed by atoms with Crippen LogP contribution in [0.2, 0.25) is 0 Å². The van der Waals surface area contributed by atoms with Crippen molar-refractivity contribution in [2.24, 2.45) is 0 Å². The molecule has 72 valence electrons. The molecule has 0 aromatic carbocycles. The molecule has 0 radical (unpaired) electrons. The van der Waals surface area contributed by atoms with E-state index in [4.69, 9.17) is 5.73 Å². The minimum absolute atomic E-state index is 0.00815. The molecule has 0 unspecified atom stereocenters. The zero-order chi connectivity index (χ0) is 10.0. The number of nitrogens with two attached hydrogens (primary N) is 1. The Morgan fingerprint density at radius 1 is 1.54 bits per heavy atom. The van der Waals surface area contributed by atoms with E-state index in [1.54, 1.807) is 0 Å². The minimum atomic E-state index is -2.81. The molecule has 2 nitrogen and oxygen atoms in total. The lowest BCUT2D eigenvalue weighted by Gasteiger charge is -2.07. The Hall–Kier alpha value is -0.780. The van der Waals surface area contributed by atoms with Crippen molar-refractivity contribution in [2.75, 3.05) is 5.73 Å². The van der Waals surface area contributed by atoms with Gasteiger partial charge in [-0.3, -0.25) is 0 Å². The van der Waals surface area contributed by atoms with Gasteiger partial charge in [0.1, 0.15) is 17.3 Å². The number of rotatable bonds is 2. The molecule has 0 aliphatic heterocycles. The molecule has 0 atom stereocenters. The van der Waals surface area contributed by atoms with E-state index in [2.05, 4.69) is 20.9 Å². The van der Waals surface area contributed by atoms with E-state index in [9.17, 15) is 13.2 Å². The highest BCUT2D eigenvalue weighted by Gasteiger charge is 2.18. The molecule has 0 spiro atoms. The van der Waals surface area contributed by atoms with Gasteiger partial charge in [0.15, 0.2) is 0 Å². The van der Waals surface area contributed by atoms with Gasteiger partial charge in [-0.1, -0.05) is 15.9 Å². The molecule has 0 amide bonds. The second-order valence-electron chi connectivity index (χ2n) is 2.33. The number of pyridine rings is 1. The van der Waals surface area contributed by atoms with Crippen LogP contribution in [0.15, 0.2) is 6.07 Å². The minimum Gasteiger partial charge on any atom is -0.384 e. The van der Waals surface area contributed by atoms with E-state index < -0.39 is 17.9 Å². The van der Waals surface area contributed by atoms with Gasteiger partial charge in [-0.15, -0.1) is 0 Å². The van der Waals surface area contributed by atoms with Gasteiger partial charge in [0.25, 0.3) is 6.43 Å². The first kappa shape index (κ1) is 10.3. The lowest BCUT2D eigenvalue weighted by molar-refractivity contribution is 0.144. The highest BCUT2D eigenvalue weighted by molar-refractivity contribution is 9.08. The maximum Gasteiger partial charge on any atom is 0.280 e. The molecule has 2 N–H and O–H groups in total. The van der Waals surface area contributed by atoms with Crippen molar-refractivity contribution in [2.45, 2.75) is 11.8 Å². The fourth-order valence-electron chi connectivity index (χ4n) is 0.891. The Bertz CT molecular complexity index is 317. The number of nitrogen functional groups attached to an aromatic ring is 1. The number of anilines is 1. The van der Waals surface area contributed by atoms with Crippen LogP contribution in [0.5, 0.6) is 0 Å². The topological polar surface area (TPSA) is 38.9 Å². The van der Waals surface area contributed by atoms with Crippen molar-refractivity contribution in [3.63, 3.8) is 0 Å². The van der Waals surface area contributed by atoms with E-state index in [1.165, 1.54) is 0 Å². The van der Waals surface area contributed by atoms with E-state index >= 15 is 0 Å². The molecule has 1 aromatic rings. The summed E-state index contributed by atoms with van der Waals surface area (Å²) in [6.07, 6.45) is -2.81. The molecule has 0 fully saturated rings. The van der Waals surface area contributed by atoms with Crippen LogP contribution >= 0.6 is 15.9 Å². The summed E-state index contributed by atoms with van der Waals surface area (Å²) in [5, 5.41) is -0.00815. The lowest BCUT2D eigenvalue weighted by Crippen LogP contribution is -2.03. The van der Waals surface area contributed by atoms with Crippen LogP contribution in [0.1, 0.15) is 17.7 Å². The number of aromatic nitrogens is 1. The largest absolute Gasteiger partial charge is 0.384 e. The van der Waals surface area contributed by atoms with Crippen LogP contribution < -0.4 is 5.73 Å². The predicted molar refractivity (Wildman–Crippen MR) is 46.2 cm³/mol. The predicted octanol–water partition coefficient (Wildman–Crippen LogP) is 2.64. The molecule has 0 aliphatic rings. The molecule has 6 heteroatoms. The number of hydrogen-bond donors (Lipinski definition) is 1. The standard InChI is InChI=1S/C7H6BrF3N2/c8-2-3-4(9)1-5(12)13-6(3)7(10)11/h1,7H,2H2,(H2,12,13). The number of alkyl halides is 3. The van der Waals surface area contributed by atoms with E-state index in [1.807, 2.05) is 0 Å². The van der Waals surface area contributed by atoms with Crippen molar-refractivity contribution in [1.82, 2.24) is 4.98 Å². The molecule has 1 rings (SSSR count). The monoisotopic (exact) mass is 254 g/mol. The molecule has 0 aliphatic carbocycles. The van der Waals surface area contributed by atoms with Crippen LogP contribution in [-0.2, 0) is 5.33 Å². The summed E-state index contributed by atoms with van der Waals surface area (Å²) in [5.41, 5.74) is 4.37. The molecule has 0 saturated heterocycles. The molecule has 13 heavy (non-hydrogen) atoms. The van der Waals surface area contributed by atoms with E-state index in [0.717, 1.165) is 6.07 Å². The van der Waals surface area contributed by atoms with E-state index in [0.29, 0.717) is 0 Å². The van der Waals surface area contributed by atoms with Crippen molar-refractivity contribution in [3.8, 4) is 0 Å². The van der Waals surface area contributed by atoms with Crippen LogP contribution in [0, 0.1) is 5.82 Å². The third-order valence-corrected chi connectivity index (χ3v) is 2.02. The van der Waals surface area contributed by atoms with Crippen LogP contribution in [0.4, 0.5) is 19.0 Å². The summed E-state index contributed by atoms with van der Waals surface area (Å²) in [6.45, 7) is 0. The van der Waals surface area contributed by atoms with Gasteiger partial charge in [0.05, 0.1) is 0 Å². The Labute approximate surface area is 81.1 Å². The van der Waals surface area contributed by atoms with Crippen molar-refractivity contribution in [1.29, 1.82) is 0 Å². The fourth-order valence-corrected chi connectivity index (χ4v) is 1.45. The first-order valence-corrected chi connectivity index (χ1v) is 4.47. The first-order valence-electron chi connectivity index (χ1n) is 3.35. The molecular formula is C7H6BrF3N2. The molecule has 0 saturated carbocycles. The third kappa shape index (κ3) is 2.12. The normalized spacial score (nSPS) is 10.8. The summed E-state index contributed by atoms with van der Waals surface area (Å²) in [7, 11) is 0. The van der Waals surface area contributed by atoms with Gasteiger partial charge < -0.3 is 5.73 Å². The van der Waals surface area contributed by atoms with Gasteiger partial charge >= 0.3 is 0 Å². The zero-order valence-electron chi connectivity index (χ0n) is 6.40. The summed E-state index contributed by atoms with van der Waals surface area (Å²) >= 11 is 2.90. The van der Waals surface area contributed by atoms with Crippen LogP contribution in [0.3, 0.4) is 0 Å². The smallest absolute Gasteiger partial charge is 0.280 e. The Balaban J connectivity index is 3.29. The molecule has 1 aromatic heterocycles.